The van der Waals surface area contributed by atoms with Crippen LogP contribution in [0.15, 0.2) is 54.6 Å². The third-order valence-corrected chi connectivity index (χ3v) is 7.20. The van der Waals surface area contributed by atoms with Crippen molar-refractivity contribution in [3.8, 4) is 5.75 Å². The normalized spacial score (nSPS) is 13.3. The van der Waals surface area contributed by atoms with Crippen molar-refractivity contribution in [2.75, 3.05) is 13.7 Å². The smallest absolute Gasteiger partial charge is 0.296 e. The van der Waals surface area contributed by atoms with Crippen molar-refractivity contribution in [2.24, 2.45) is 0 Å². The molecule has 0 spiro atoms. The molecule has 0 aliphatic rings. The van der Waals surface area contributed by atoms with Gasteiger partial charge in [-0.2, -0.15) is 8.42 Å². The van der Waals surface area contributed by atoms with E-state index in [9.17, 15) is 8.42 Å². The van der Waals surface area contributed by atoms with Crippen molar-refractivity contribution in [1.82, 2.24) is 0 Å². The average molecular weight is 435 g/mol. The van der Waals surface area contributed by atoms with Crippen molar-refractivity contribution in [1.29, 1.82) is 0 Å². The summed E-state index contributed by atoms with van der Waals surface area (Å²) in [6, 6.07) is 18.5. The number of hydrogen-bond donors (Lipinski definition) is 0. The fourth-order valence-corrected chi connectivity index (χ4v) is 3.78. The second-order valence-electron chi connectivity index (χ2n) is 9.00. The van der Waals surface area contributed by atoms with Crippen LogP contribution in [0.5, 0.6) is 5.75 Å². The quantitative estimate of drug-likeness (QED) is 0.476. The Labute approximate surface area is 181 Å². The summed E-state index contributed by atoms with van der Waals surface area (Å²) in [6.07, 6.45) is 0.521. The molecule has 0 saturated heterocycles. The Morgan fingerprint density at radius 1 is 0.800 bits per heavy atom. The molecule has 0 bridgehead atoms. The van der Waals surface area contributed by atoms with Crippen LogP contribution in [-0.4, -0.2) is 32.7 Å². The molecule has 30 heavy (non-hydrogen) atoms. The van der Waals surface area contributed by atoms with E-state index in [0.717, 1.165) is 12.9 Å². The van der Waals surface area contributed by atoms with Gasteiger partial charge in [-0.3, -0.25) is 4.18 Å². The molecule has 0 amide bonds. The summed E-state index contributed by atoms with van der Waals surface area (Å²) in [4.78, 5) is -1.41. The number of ether oxygens (including phenoxy) is 2. The lowest BCUT2D eigenvalue weighted by atomic mass is 9.78. The fourth-order valence-electron chi connectivity index (χ4n) is 3.15. The van der Waals surface area contributed by atoms with E-state index in [4.69, 9.17) is 9.47 Å². The topological polar surface area (TPSA) is 61.8 Å². The molecule has 0 aliphatic carbocycles. The van der Waals surface area contributed by atoms with Crippen LogP contribution in [0.4, 0.5) is 0 Å². The average Bonchev–Trinajstić information content (AvgIpc) is 2.68. The lowest BCUT2D eigenvalue weighted by Gasteiger charge is -2.30. The van der Waals surface area contributed by atoms with Gasteiger partial charge in [0.25, 0.3) is 10.1 Å². The summed E-state index contributed by atoms with van der Waals surface area (Å²) in [5.74, 6) is 0.761. The van der Waals surface area contributed by atoms with Crippen LogP contribution in [0, 0.1) is 0 Å². The van der Waals surface area contributed by atoms with E-state index in [2.05, 4.69) is 54.4 Å². The van der Waals surface area contributed by atoms with E-state index >= 15 is 0 Å². The summed E-state index contributed by atoms with van der Waals surface area (Å²) in [5, 5.41) is 0. The van der Waals surface area contributed by atoms with Gasteiger partial charge in [0, 0.05) is 11.8 Å². The zero-order chi connectivity index (χ0) is 22.6. The van der Waals surface area contributed by atoms with Crippen LogP contribution >= 0.6 is 0 Å². The third kappa shape index (κ3) is 5.84. The largest absolute Gasteiger partial charge is 0.488 e. The first kappa shape index (κ1) is 24.4. The molecular formula is C24H34O5S. The Morgan fingerprint density at radius 3 is 1.87 bits per heavy atom. The van der Waals surface area contributed by atoms with Gasteiger partial charge in [0.2, 0.25) is 0 Å². The predicted molar refractivity (Wildman–Crippen MR) is 120 cm³/mol. The standard InChI is InChI=1S/C24H34O5S/c1-22(2,17-18-28-24(5,6)30(25,26)27-7)29-21-15-13-20(14-16-21)23(3,4)19-11-9-8-10-12-19/h8-16H,17-18H2,1-7H3. The minimum absolute atomic E-state index is 0.110. The Kier molecular flexibility index (Phi) is 7.38. The van der Waals surface area contributed by atoms with Gasteiger partial charge in [0.15, 0.2) is 4.93 Å². The lowest BCUT2D eigenvalue weighted by Crippen LogP contribution is -2.38. The summed E-state index contributed by atoms with van der Waals surface area (Å²) in [7, 11) is -2.64. The van der Waals surface area contributed by atoms with Gasteiger partial charge in [0.05, 0.1) is 13.7 Å². The van der Waals surface area contributed by atoms with E-state index in [1.807, 2.05) is 32.0 Å². The van der Waals surface area contributed by atoms with Crippen molar-refractivity contribution in [3.05, 3.63) is 65.7 Å². The molecule has 0 atom stereocenters. The zero-order valence-electron chi connectivity index (χ0n) is 19.1. The molecule has 5 nitrogen and oxygen atoms in total. The molecule has 0 saturated carbocycles. The van der Waals surface area contributed by atoms with Crippen molar-refractivity contribution in [2.45, 2.75) is 63.9 Å². The SMILES string of the molecule is COS(=O)(=O)C(C)(C)OCCC(C)(C)Oc1ccc(C(C)(C)c2ccccc2)cc1. The molecule has 0 fully saturated rings. The first-order chi connectivity index (χ1) is 13.8. The molecule has 2 aromatic carbocycles. The molecule has 0 radical (unpaired) electrons. The zero-order valence-corrected chi connectivity index (χ0v) is 19.9. The minimum atomic E-state index is -3.78. The van der Waals surface area contributed by atoms with E-state index in [1.165, 1.54) is 25.0 Å². The maximum absolute atomic E-state index is 11.9. The number of benzene rings is 2. The predicted octanol–water partition coefficient (Wildman–Crippen LogP) is 5.29. The van der Waals surface area contributed by atoms with Gasteiger partial charge < -0.3 is 9.47 Å². The van der Waals surface area contributed by atoms with Crippen molar-refractivity contribution < 1.29 is 22.1 Å². The van der Waals surface area contributed by atoms with Gasteiger partial charge in [-0.15, -0.1) is 0 Å². The summed E-state index contributed by atoms with van der Waals surface area (Å²) >= 11 is 0. The maximum atomic E-state index is 11.9. The molecule has 0 aliphatic heterocycles. The molecule has 0 N–H and O–H groups in total. The first-order valence-electron chi connectivity index (χ1n) is 10.1. The van der Waals surface area contributed by atoms with Gasteiger partial charge >= 0.3 is 0 Å². The van der Waals surface area contributed by atoms with Crippen LogP contribution in [0.1, 0.15) is 59.1 Å². The molecule has 6 heteroatoms. The molecular weight excluding hydrogens is 400 g/mol. The highest BCUT2D eigenvalue weighted by Crippen LogP contribution is 2.33. The van der Waals surface area contributed by atoms with Gasteiger partial charge in [-0.05, 0) is 51.0 Å². The summed E-state index contributed by atoms with van der Waals surface area (Å²) < 4.78 is 40.1. The van der Waals surface area contributed by atoms with E-state index < -0.39 is 20.7 Å². The monoisotopic (exact) mass is 434 g/mol. The number of hydrogen-bond acceptors (Lipinski definition) is 5. The summed E-state index contributed by atoms with van der Waals surface area (Å²) in [5.41, 5.74) is 1.82. The van der Waals surface area contributed by atoms with Gasteiger partial charge in [0.1, 0.15) is 11.4 Å². The molecule has 2 rings (SSSR count). The molecule has 2 aromatic rings. The van der Waals surface area contributed by atoms with Crippen LogP contribution in [0.25, 0.3) is 0 Å². The first-order valence-corrected chi connectivity index (χ1v) is 11.5. The van der Waals surface area contributed by atoms with Crippen LogP contribution in [-0.2, 0) is 24.5 Å². The molecule has 0 unspecified atom stereocenters. The van der Waals surface area contributed by atoms with Gasteiger partial charge in [-0.1, -0.05) is 56.3 Å². The molecule has 166 valence electrons. The second kappa shape index (κ2) is 9.08. The molecule has 0 heterocycles. The van der Waals surface area contributed by atoms with Crippen LogP contribution in [0.3, 0.4) is 0 Å². The summed E-state index contributed by atoms with van der Waals surface area (Å²) in [6.45, 7) is 11.5. The Bertz CT molecular complexity index is 914. The Morgan fingerprint density at radius 2 is 1.33 bits per heavy atom. The van der Waals surface area contributed by atoms with E-state index in [1.54, 1.807) is 0 Å². The van der Waals surface area contributed by atoms with E-state index in [0.29, 0.717) is 6.42 Å². The van der Waals surface area contributed by atoms with Crippen molar-refractivity contribution in [3.63, 3.8) is 0 Å². The van der Waals surface area contributed by atoms with Crippen LogP contribution in [0.2, 0.25) is 0 Å². The fraction of sp³-hybridized carbons (Fsp3) is 0.500. The second-order valence-corrected chi connectivity index (χ2v) is 11.2. The molecule has 0 aromatic heterocycles. The number of rotatable bonds is 10. The van der Waals surface area contributed by atoms with Crippen molar-refractivity contribution >= 4 is 10.1 Å². The lowest BCUT2D eigenvalue weighted by molar-refractivity contribution is -0.00116. The van der Waals surface area contributed by atoms with E-state index in [-0.39, 0.29) is 12.0 Å². The Hall–Kier alpha value is -1.89. The minimum Gasteiger partial charge on any atom is -0.488 e. The maximum Gasteiger partial charge on any atom is 0.296 e. The highest BCUT2D eigenvalue weighted by Gasteiger charge is 2.36. The highest BCUT2D eigenvalue weighted by molar-refractivity contribution is 7.87. The van der Waals surface area contributed by atoms with Crippen LogP contribution < -0.4 is 4.74 Å². The van der Waals surface area contributed by atoms with Gasteiger partial charge in [-0.25, -0.2) is 0 Å². The highest BCUT2D eigenvalue weighted by atomic mass is 32.2. The Balaban J connectivity index is 2.00. The third-order valence-electron chi connectivity index (χ3n) is 5.44.